The molecular formula is C14H12F2O. The monoisotopic (exact) mass is 234 g/mol. The van der Waals surface area contributed by atoms with Crippen LogP contribution in [0.2, 0.25) is 0 Å². The van der Waals surface area contributed by atoms with Crippen LogP contribution in [0.5, 0.6) is 5.75 Å². The number of rotatable bonds is 2. The van der Waals surface area contributed by atoms with Crippen molar-refractivity contribution >= 4 is 0 Å². The van der Waals surface area contributed by atoms with Crippen molar-refractivity contribution < 1.29 is 13.5 Å². The van der Waals surface area contributed by atoms with Crippen LogP contribution < -0.4 is 4.74 Å². The van der Waals surface area contributed by atoms with Crippen LogP contribution in [-0.4, -0.2) is 7.11 Å². The molecule has 3 heteroatoms. The maximum atomic E-state index is 13.8. The summed E-state index contributed by atoms with van der Waals surface area (Å²) >= 11 is 0. The summed E-state index contributed by atoms with van der Waals surface area (Å²) in [6, 6.07) is 9.44. The summed E-state index contributed by atoms with van der Waals surface area (Å²) in [5.74, 6) is -1.06. The Morgan fingerprint density at radius 1 is 1.00 bits per heavy atom. The number of aryl methyl sites for hydroxylation is 1. The first-order valence-corrected chi connectivity index (χ1v) is 5.22. The van der Waals surface area contributed by atoms with Crippen LogP contribution in [0.25, 0.3) is 11.1 Å². The van der Waals surface area contributed by atoms with E-state index in [9.17, 15) is 8.78 Å². The van der Waals surface area contributed by atoms with Crippen LogP contribution in [0.3, 0.4) is 0 Å². The number of hydrogen-bond acceptors (Lipinski definition) is 1. The SMILES string of the molecule is COc1cc(F)c(-c2cccc(C)c2)c(F)c1. The fourth-order valence-electron chi connectivity index (χ4n) is 1.74. The number of ether oxygens (including phenoxy) is 1. The Labute approximate surface area is 98.7 Å². The molecule has 0 radical (unpaired) electrons. The molecule has 2 aromatic rings. The Morgan fingerprint density at radius 2 is 1.65 bits per heavy atom. The van der Waals surface area contributed by atoms with Gasteiger partial charge in [-0.15, -0.1) is 0 Å². The molecule has 0 N–H and O–H groups in total. The van der Waals surface area contributed by atoms with Crippen molar-refractivity contribution in [2.45, 2.75) is 6.92 Å². The lowest BCUT2D eigenvalue weighted by molar-refractivity contribution is 0.407. The second-order valence-electron chi connectivity index (χ2n) is 3.84. The highest BCUT2D eigenvalue weighted by atomic mass is 19.1. The lowest BCUT2D eigenvalue weighted by Crippen LogP contribution is -1.93. The minimum absolute atomic E-state index is 0.0190. The van der Waals surface area contributed by atoms with Crippen molar-refractivity contribution in [2.75, 3.05) is 7.11 Å². The van der Waals surface area contributed by atoms with Crippen LogP contribution in [0.15, 0.2) is 36.4 Å². The molecule has 0 unspecified atom stereocenters. The quantitative estimate of drug-likeness (QED) is 0.764. The normalized spacial score (nSPS) is 10.4. The maximum absolute atomic E-state index is 13.8. The Morgan fingerprint density at radius 3 is 2.18 bits per heavy atom. The van der Waals surface area contributed by atoms with Crippen molar-refractivity contribution in [3.05, 3.63) is 53.6 Å². The molecule has 0 aromatic heterocycles. The van der Waals surface area contributed by atoms with Crippen molar-refractivity contribution in [2.24, 2.45) is 0 Å². The topological polar surface area (TPSA) is 9.23 Å². The molecule has 2 aromatic carbocycles. The third kappa shape index (κ3) is 2.28. The van der Waals surface area contributed by atoms with Crippen LogP contribution in [0.1, 0.15) is 5.56 Å². The maximum Gasteiger partial charge on any atom is 0.137 e. The van der Waals surface area contributed by atoms with E-state index in [4.69, 9.17) is 4.74 Å². The highest BCUT2D eigenvalue weighted by molar-refractivity contribution is 5.66. The standard InChI is InChI=1S/C14H12F2O/c1-9-4-3-5-10(6-9)14-12(15)7-11(17-2)8-13(14)16/h3-8H,1-2H3. The predicted octanol–water partition coefficient (Wildman–Crippen LogP) is 3.95. The average Bonchev–Trinajstić information content (AvgIpc) is 2.28. The first-order valence-electron chi connectivity index (χ1n) is 5.22. The molecular weight excluding hydrogens is 222 g/mol. The summed E-state index contributed by atoms with van der Waals surface area (Å²) in [4.78, 5) is 0. The summed E-state index contributed by atoms with van der Waals surface area (Å²) in [5, 5.41) is 0. The number of methoxy groups -OCH3 is 1. The molecule has 0 spiro atoms. The summed E-state index contributed by atoms with van der Waals surface area (Å²) in [5.41, 5.74) is 1.47. The Hall–Kier alpha value is -1.90. The third-order valence-electron chi connectivity index (χ3n) is 2.56. The summed E-state index contributed by atoms with van der Waals surface area (Å²) < 4.78 is 32.4. The van der Waals surface area contributed by atoms with Gasteiger partial charge in [-0.2, -0.15) is 0 Å². The van der Waals surface area contributed by atoms with Crippen LogP contribution in [0, 0.1) is 18.6 Å². The lowest BCUT2D eigenvalue weighted by Gasteiger charge is -2.08. The summed E-state index contributed by atoms with van der Waals surface area (Å²) in [6.45, 7) is 1.88. The molecule has 0 saturated carbocycles. The molecule has 17 heavy (non-hydrogen) atoms. The summed E-state index contributed by atoms with van der Waals surface area (Å²) in [7, 11) is 1.38. The Kier molecular flexibility index (Phi) is 3.09. The molecule has 0 saturated heterocycles. The van der Waals surface area contributed by atoms with E-state index in [1.54, 1.807) is 18.2 Å². The fraction of sp³-hybridized carbons (Fsp3) is 0.143. The molecule has 0 bridgehead atoms. The Bertz CT molecular complexity index is 527. The van der Waals surface area contributed by atoms with E-state index in [1.807, 2.05) is 13.0 Å². The van der Waals surface area contributed by atoms with E-state index in [2.05, 4.69) is 0 Å². The second kappa shape index (κ2) is 4.53. The van der Waals surface area contributed by atoms with E-state index < -0.39 is 11.6 Å². The van der Waals surface area contributed by atoms with Crippen molar-refractivity contribution in [3.63, 3.8) is 0 Å². The predicted molar refractivity (Wildman–Crippen MR) is 63.1 cm³/mol. The molecule has 0 aliphatic heterocycles. The molecule has 0 aliphatic rings. The molecule has 88 valence electrons. The van der Waals surface area contributed by atoms with Gasteiger partial charge in [-0.3, -0.25) is 0 Å². The molecule has 1 nitrogen and oxygen atoms in total. The van der Waals surface area contributed by atoms with E-state index in [-0.39, 0.29) is 11.3 Å². The number of hydrogen-bond donors (Lipinski definition) is 0. The highest BCUT2D eigenvalue weighted by Crippen LogP contribution is 2.29. The minimum atomic E-state index is -0.618. The van der Waals surface area contributed by atoms with Gasteiger partial charge in [0, 0.05) is 12.1 Å². The average molecular weight is 234 g/mol. The van der Waals surface area contributed by atoms with E-state index >= 15 is 0 Å². The van der Waals surface area contributed by atoms with Crippen LogP contribution >= 0.6 is 0 Å². The second-order valence-corrected chi connectivity index (χ2v) is 3.84. The zero-order valence-electron chi connectivity index (χ0n) is 9.63. The van der Waals surface area contributed by atoms with Gasteiger partial charge in [0.1, 0.15) is 17.4 Å². The number of benzene rings is 2. The van der Waals surface area contributed by atoms with Crippen LogP contribution in [0.4, 0.5) is 8.78 Å². The third-order valence-corrected chi connectivity index (χ3v) is 2.56. The first kappa shape index (κ1) is 11.6. The smallest absolute Gasteiger partial charge is 0.137 e. The van der Waals surface area contributed by atoms with Gasteiger partial charge in [-0.05, 0) is 12.5 Å². The summed E-state index contributed by atoms with van der Waals surface area (Å²) in [6.07, 6.45) is 0. The molecule has 0 atom stereocenters. The highest BCUT2D eigenvalue weighted by Gasteiger charge is 2.13. The lowest BCUT2D eigenvalue weighted by atomic mass is 10.0. The van der Waals surface area contributed by atoms with E-state index in [0.717, 1.165) is 5.56 Å². The zero-order valence-corrected chi connectivity index (χ0v) is 9.63. The minimum Gasteiger partial charge on any atom is -0.497 e. The first-order chi connectivity index (χ1) is 8.11. The van der Waals surface area contributed by atoms with Gasteiger partial charge in [0.25, 0.3) is 0 Å². The molecule has 0 fully saturated rings. The van der Waals surface area contributed by atoms with Crippen molar-refractivity contribution in [3.8, 4) is 16.9 Å². The van der Waals surface area contributed by atoms with Gasteiger partial charge < -0.3 is 4.74 Å². The van der Waals surface area contributed by atoms with Gasteiger partial charge in [0.05, 0.1) is 12.7 Å². The molecule has 0 amide bonds. The van der Waals surface area contributed by atoms with E-state index in [0.29, 0.717) is 5.56 Å². The van der Waals surface area contributed by atoms with Crippen molar-refractivity contribution in [1.29, 1.82) is 0 Å². The number of halogens is 2. The molecule has 0 heterocycles. The largest absolute Gasteiger partial charge is 0.497 e. The van der Waals surface area contributed by atoms with Crippen molar-refractivity contribution in [1.82, 2.24) is 0 Å². The van der Waals surface area contributed by atoms with Gasteiger partial charge in [0.2, 0.25) is 0 Å². The van der Waals surface area contributed by atoms with Gasteiger partial charge in [-0.1, -0.05) is 29.8 Å². The van der Waals surface area contributed by atoms with Gasteiger partial charge in [0.15, 0.2) is 0 Å². The molecule has 0 aliphatic carbocycles. The Balaban J connectivity index is 2.60. The zero-order chi connectivity index (χ0) is 12.4. The van der Waals surface area contributed by atoms with Gasteiger partial charge in [-0.25, -0.2) is 8.78 Å². The molecule has 2 rings (SSSR count). The van der Waals surface area contributed by atoms with Gasteiger partial charge >= 0.3 is 0 Å². The van der Waals surface area contributed by atoms with E-state index in [1.165, 1.54) is 19.2 Å². The fourth-order valence-corrected chi connectivity index (χ4v) is 1.74. The van der Waals surface area contributed by atoms with Crippen LogP contribution in [-0.2, 0) is 0 Å².